The molecule has 0 bridgehead atoms. The zero-order valence-corrected chi connectivity index (χ0v) is 11.3. The van der Waals surface area contributed by atoms with Gasteiger partial charge in [-0.15, -0.1) is 0 Å². The molecule has 1 aromatic rings. The summed E-state index contributed by atoms with van der Waals surface area (Å²) < 4.78 is 0. The summed E-state index contributed by atoms with van der Waals surface area (Å²) in [5.74, 6) is 0.316. The van der Waals surface area contributed by atoms with E-state index < -0.39 is 0 Å². The normalized spacial score (nSPS) is 22.4. The molecule has 1 heterocycles. The topological polar surface area (TPSA) is 72.7 Å². The van der Waals surface area contributed by atoms with E-state index in [1.807, 2.05) is 12.1 Å². The van der Waals surface area contributed by atoms with Crippen molar-refractivity contribution in [3.8, 4) is 11.5 Å². The fourth-order valence-corrected chi connectivity index (χ4v) is 3.06. The van der Waals surface area contributed by atoms with Gasteiger partial charge in [0.2, 0.25) is 0 Å². The minimum absolute atomic E-state index is 0.0753. The summed E-state index contributed by atoms with van der Waals surface area (Å²) in [6.07, 6.45) is 5.12. The zero-order valence-electron chi connectivity index (χ0n) is 11.3. The molecule has 1 aliphatic carbocycles. The Labute approximate surface area is 118 Å². The Hall–Kier alpha value is -1.94. The van der Waals surface area contributed by atoms with Crippen LogP contribution < -0.4 is 5.32 Å². The highest BCUT2D eigenvalue weighted by Crippen LogP contribution is 2.32. The number of phenolic OH excluding ortho intramolecular Hbond substituents is 2. The highest BCUT2D eigenvalue weighted by molar-refractivity contribution is 5.42. The van der Waals surface area contributed by atoms with E-state index in [9.17, 15) is 15.3 Å². The van der Waals surface area contributed by atoms with Gasteiger partial charge in [0.1, 0.15) is 0 Å². The number of hydrogen-bond acceptors (Lipinski definition) is 4. The smallest absolute Gasteiger partial charge is 0.157 e. The predicted molar refractivity (Wildman–Crippen MR) is 76.9 cm³/mol. The van der Waals surface area contributed by atoms with E-state index in [1.54, 1.807) is 6.07 Å². The Morgan fingerprint density at radius 2 is 2.00 bits per heavy atom. The number of allylic oxidation sites excluding steroid dienone is 2. The van der Waals surface area contributed by atoms with E-state index in [0.29, 0.717) is 12.2 Å². The van der Waals surface area contributed by atoms with Crippen molar-refractivity contribution in [2.24, 2.45) is 0 Å². The first-order chi connectivity index (χ1) is 9.63. The van der Waals surface area contributed by atoms with Crippen molar-refractivity contribution in [3.05, 3.63) is 46.7 Å². The van der Waals surface area contributed by atoms with Crippen LogP contribution in [0, 0.1) is 0 Å². The summed E-state index contributed by atoms with van der Waals surface area (Å²) in [6, 6.07) is 5.21. The van der Waals surface area contributed by atoms with Crippen molar-refractivity contribution in [2.45, 2.75) is 31.7 Å². The second-order valence-electron chi connectivity index (χ2n) is 5.49. The fraction of sp³-hybridized carbons (Fsp3) is 0.375. The summed E-state index contributed by atoms with van der Waals surface area (Å²) in [6.45, 7) is 0.918. The summed E-state index contributed by atoms with van der Waals surface area (Å²) in [5, 5.41) is 32.1. The van der Waals surface area contributed by atoms with Gasteiger partial charge in [-0.25, -0.2) is 0 Å². The van der Waals surface area contributed by atoms with E-state index in [2.05, 4.69) is 5.32 Å². The van der Waals surface area contributed by atoms with Crippen molar-refractivity contribution in [3.63, 3.8) is 0 Å². The third-order valence-electron chi connectivity index (χ3n) is 4.12. The Balaban J connectivity index is 1.80. The molecule has 0 radical (unpaired) electrons. The van der Waals surface area contributed by atoms with Crippen LogP contribution in [0.15, 0.2) is 41.2 Å². The second-order valence-corrected chi connectivity index (χ2v) is 5.49. The highest BCUT2D eigenvalue weighted by atomic mass is 16.3. The first-order valence-electron chi connectivity index (χ1n) is 6.96. The first kappa shape index (κ1) is 13.1. The molecule has 0 aromatic heterocycles. The lowest BCUT2D eigenvalue weighted by Gasteiger charge is -2.32. The Morgan fingerprint density at radius 1 is 1.15 bits per heavy atom. The van der Waals surface area contributed by atoms with Gasteiger partial charge in [-0.2, -0.15) is 0 Å². The first-order valence-corrected chi connectivity index (χ1v) is 6.96. The minimum Gasteiger partial charge on any atom is -0.512 e. The molecule has 2 aliphatic rings. The quantitative estimate of drug-likeness (QED) is 0.493. The van der Waals surface area contributed by atoms with Gasteiger partial charge in [-0.3, -0.25) is 0 Å². The molecule has 4 heteroatoms. The van der Waals surface area contributed by atoms with E-state index >= 15 is 0 Å². The van der Waals surface area contributed by atoms with E-state index in [0.717, 1.165) is 31.4 Å². The Bertz CT molecular complexity index is 589. The number of hydrogen-bond donors (Lipinski definition) is 4. The lowest BCUT2D eigenvalue weighted by molar-refractivity contribution is 0.382. The predicted octanol–water partition coefficient (Wildman–Crippen LogP) is 2.53. The van der Waals surface area contributed by atoms with Crippen LogP contribution in [0.2, 0.25) is 0 Å². The molecule has 1 unspecified atom stereocenters. The molecule has 0 saturated heterocycles. The highest BCUT2D eigenvalue weighted by Gasteiger charge is 2.25. The summed E-state index contributed by atoms with van der Waals surface area (Å²) in [5.41, 5.74) is 3.70. The average molecular weight is 273 g/mol. The summed E-state index contributed by atoms with van der Waals surface area (Å²) in [4.78, 5) is 0. The number of aromatic hydroxyl groups is 2. The van der Waals surface area contributed by atoms with Crippen LogP contribution in [0.4, 0.5) is 0 Å². The Kier molecular flexibility index (Phi) is 3.40. The molecule has 4 N–H and O–H groups in total. The lowest BCUT2D eigenvalue weighted by atomic mass is 9.84. The van der Waals surface area contributed by atoms with Gasteiger partial charge < -0.3 is 20.6 Å². The lowest BCUT2D eigenvalue weighted by Crippen LogP contribution is -2.39. The van der Waals surface area contributed by atoms with Crippen LogP contribution in [0.1, 0.15) is 24.8 Å². The second kappa shape index (κ2) is 5.21. The van der Waals surface area contributed by atoms with Crippen LogP contribution in [0.5, 0.6) is 11.5 Å². The molecule has 0 saturated carbocycles. The van der Waals surface area contributed by atoms with Crippen molar-refractivity contribution < 1.29 is 15.3 Å². The molecule has 0 fully saturated rings. The number of aliphatic hydroxyl groups is 1. The molecular formula is C16H19NO3. The van der Waals surface area contributed by atoms with E-state index in [-0.39, 0.29) is 17.5 Å². The van der Waals surface area contributed by atoms with Crippen LogP contribution >= 0.6 is 0 Å². The van der Waals surface area contributed by atoms with Gasteiger partial charge in [-0.1, -0.05) is 11.6 Å². The standard InChI is InChI=1S/C16H19NO3/c18-12-2-3-13-11(9-12)5-6-17-14(13)7-10-1-4-15(19)16(20)8-10/h1-2,4,8,14,17-20H,3,5-7,9H2. The maximum atomic E-state index is 9.64. The van der Waals surface area contributed by atoms with E-state index in [1.165, 1.54) is 17.2 Å². The number of aliphatic hydroxyl groups excluding tert-OH is 1. The van der Waals surface area contributed by atoms with Gasteiger partial charge in [-0.05, 0) is 55.2 Å². The molecular weight excluding hydrogens is 254 g/mol. The number of phenols is 2. The monoisotopic (exact) mass is 273 g/mol. The van der Waals surface area contributed by atoms with Gasteiger partial charge in [0.05, 0.1) is 5.76 Å². The molecule has 106 valence electrons. The minimum atomic E-state index is -0.0872. The summed E-state index contributed by atoms with van der Waals surface area (Å²) >= 11 is 0. The molecule has 0 spiro atoms. The SMILES string of the molecule is OC1=CCC2=C(CCNC2Cc2ccc(O)c(O)c2)C1. The van der Waals surface area contributed by atoms with Gasteiger partial charge in [0, 0.05) is 12.5 Å². The van der Waals surface area contributed by atoms with E-state index in [4.69, 9.17) is 0 Å². The molecule has 1 atom stereocenters. The van der Waals surface area contributed by atoms with Gasteiger partial charge in [0.15, 0.2) is 11.5 Å². The third-order valence-corrected chi connectivity index (χ3v) is 4.12. The van der Waals surface area contributed by atoms with Crippen LogP contribution in [0.25, 0.3) is 0 Å². The van der Waals surface area contributed by atoms with Crippen molar-refractivity contribution in [1.29, 1.82) is 0 Å². The third kappa shape index (κ3) is 2.51. The molecule has 0 amide bonds. The average Bonchev–Trinajstić information content (AvgIpc) is 2.43. The molecule has 4 nitrogen and oxygen atoms in total. The van der Waals surface area contributed by atoms with Crippen LogP contribution in [-0.2, 0) is 6.42 Å². The number of rotatable bonds is 2. The van der Waals surface area contributed by atoms with Crippen LogP contribution in [-0.4, -0.2) is 27.9 Å². The maximum Gasteiger partial charge on any atom is 0.157 e. The zero-order chi connectivity index (χ0) is 14.1. The van der Waals surface area contributed by atoms with Crippen molar-refractivity contribution in [2.75, 3.05) is 6.54 Å². The van der Waals surface area contributed by atoms with Crippen molar-refractivity contribution >= 4 is 0 Å². The Morgan fingerprint density at radius 3 is 2.80 bits per heavy atom. The van der Waals surface area contributed by atoms with Crippen molar-refractivity contribution in [1.82, 2.24) is 5.32 Å². The fourth-order valence-electron chi connectivity index (χ4n) is 3.06. The molecule has 1 aromatic carbocycles. The molecule has 1 aliphatic heterocycles. The summed E-state index contributed by atoms with van der Waals surface area (Å²) in [7, 11) is 0. The van der Waals surface area contributed by atoms with Crippen LogP contribution in [0.3, 0.4) is 0 Å². The van der Waals surface area contributed by atoms with Gasteiger partial charge in [0.25, 0.3) is 0 Å². The molecule has 20 heavy (non-hydrogen) atoms. The maximum absolute atomic E-state index is 9.64. The number of nitrogens with one attached hydrogen (secondary N) is 1. The molecule has 3 rings (SSSR count). The number of benzene rings is 1. The largest absolute Gasteiger partial charge is 0.512 e. The van der Waals surface area contributed by atoms with Gasteiger partial charge >= 0.3 is 0 Å².